The topological polar surface area (TPSA) is 66.0 Å². The van der Waals surface area contributed by atoms with Crippen LogP contribution in [-0.2, 0) is 11.3 Å². The van der Waals surface area contributed by atoms with E-state index in [0.29, 0.717) is 13.0 Å². The van der Waals surface area contributed by atoms with Crippen molar-refractivity contribution >= 4 is 47.2 Å². The molecule has 1 aromatic heterocycles. The van der Waals surface area contributed by atoms with Gasteiger partial charge in [-0.2, -0.15) is 0 Å². The SMILES string of the molecule is CCNC(=NCc1ccc(-c2ccc(OC)cc2)s1)NCCCN1CCCC1=O.I. The van der Waals surface area contributed by atoms with Crippen LogP contribution < -0.4 is 15.4 Å². The molecule has 2 aromatic rings. The molecule has 0 unspecified atom stereocenters. The first-order valence-electron chi connectivity index (χ1n) is 10.2. The zero-order valence-electron chi connectivity index (χ0n) is 17.6. The maximum Gasteiger partial charge on any atom is 0.222 e. The highest BCUT2D eigenvalue weighted by molar-refractivity contribution is 14.0. The van der Waals surface area contributed by atoms with Crippen LogP contribution in [0.1, 0.15) is 31.1 Å². The Bertz CT molecular complexity index is 823. The van der Waals surface area contributed by atoms with Gasteiger partial charge < -0.3 is 20.3 Å². The highest BCUT2D eigenvalue weighted by atomic mass is 127. The van der Waals surface area contributed by atoms with Crippen LogP contribution in [0.4, 0.5) is 0 Å². The zero-order chi connectivity index (χ0) is 20.5. The first kappa shape index (κ1) is 24.5. The summed E-state index contributed by atoms with van der Waals surface area (Å²) in [6.07, 6.45) is 2.63. The number of thiophene rings is 1. The lowest BCUT2D eigenvalue weighted by molar-refractivity contribution is -0.127. The largest absolute Gasteiger partial charge is 0.497 e. The molecule has 1 fully saturated rings. The number of nitrogens with zero attached hydrogens (tertiary/aromatic N) is 2. The average molecular weight is 542 g/mol. The first-order valence-corrected chi connectivity index (χ1v) is 11.0. The monoisotopic (exact) mass is 542 g/mol. The summed E-state index contributed by atoms with van der Waals surface area (Å²) in [6, 6.07) is 12.4. The second-order valence-electron chi connectivity index (χ2n) is 6.95. The van der Waals surface area contributed by atoms with Crippen molar-refractivity contribution in [2.24, 2.45) is 4.99 Å². The third-order valence-electron chi connectivity index (χ3n) is 4.84. The number of hydrogen-bond donors (Lipinski definition) is 2. The minimum atomic E-state index is 0. The predicted molar refractivity (Wildman–Crippen MR) is 135 cm³/mol. The summed E-state index contributed by atoms with van der Waals surface area (Å²) in [7, 11) is 1.68. The summed E-state index contributed by atoms with van der Waals surface area (Å²) in [6.45, 7) is 6.05. The van der Waals surface area contributed by atoms with Gasteiger partial charge in [-0.1, -0.05) is 0 Å². The molecule has 0 radical (unpaired) electrons. The number of likely N-dealkylation sites (tertiary alicyclic amines) is 1. The van der Waals surface area contributed by atoms with Gasteiger partial charge in [0.15, 0.2) is 5.96 Å². The number of hydrogen-bond acceptors (Lipinski definition) is 4. The number of rotatable bonds is 9. The van der Waals surface area contributed by atoms with Gasteiger partial charge in [-0.3, -0.25) is 4.79 Å². The van der Waals surface area contributed by atoms with E-state index in [2.05, 4.69) is 41.8 Å². The van der Waals surface area contributed by atoms with Crippen LogP contribution in [0.5, 0.6) is 5.75 Å². The molecule has 0 spiro atoms. The van der Waals surface area contributed by atoms with Crippen molar-refractivity contribution in [3.63, 3.8) is 0 Å². The van der Waals surface area contributed by atoms with Crippen LogP contribution in [0.25, 0.3) is 10.4 Å². The second-order valence-corrected chi connectivity index (χ2v) is 8.12. The fourth-order valence-electron chi connectivity index (χ4n) is 3.29. The van der Waals surface area contributed by atoms with E-state index in [1.54, 1.807) is 18.4 Å². The Hall–Kier alpha value is -1.81. The van der Waals surface area contributed by atoms with E-state index < -0.39 is 0 Å². The molecule has 0 aliphatic carbocycles. The quantitative estimate of drug-likeness (QED) is 0.217. The van der Waals surface area contributed by atoms with Crippen molar-refractivity contribution in [1.29, 1.82) is 0 Å². The normalized spacial score (nSPS) is 13.9. The summed E-state index contributed by atoms with van der Waals surface area (Å²) in [5.41, 5.74) is 1.19. The molecule has 1 aliphatic rings. The molecule has 30 heavy (non-hydrogen) atoms. The number of aliphatic imine (C=N–C) groups is 1. The van der Waals surface area contributed by atoms with E-state index in [1.807, 2.05) is 17.0 Å². The van der Waals surface area contributed by atoms with Crippen molar-refractivity contribution in [2.45, 2.75) is 32.7 Å². The average Bonchev–Trinajstić information content (AvgIpc) is 3.38. The lowest BCUT2D eigenvalue weighted by atomic mass is 10.2. The standard InChI is InChI=1S/C22H30N4O2S.HI/c1-3-23-22(24-13-5-15-26-14-4-6-21(26)27)25-16-19-11-12-20(29-19)17-7-9-18(28-2)10-8-17;/h7-12H,3-6,13-16H2,1-2H3,(H2,23,24,25);1H. The van der Waals surface area contributed by atoms with E-state index in [-0.39, 0.29) is 29.9 Å². The van der Waals surface area contributed by atoms with Gasteiger partial charge in [-0.15, -0.1) is 35.3 Å². The molecule has 2 heterocycles. The molecule has 1 saturated heterocycles. The van der Waals surface area contributed by atoms with Crippen LogP contribution >= 0.6 is 35.3 Å². The molecule has 164 valence electrons. The van der Waals surface area contributed by atoms with E-state index in [4.69, 9.17) is 9.73 Å². The third kappa shape index (κ3) is 7.16. The Labute approximate surface area is 200 Å². The predicted octanol–water partition coefficient (Wildman–Crippen LogP) is 4.11. The number of carbonyl (C=O) groups is 1. The van der Waals surface area contributed by atoms with Gasteiger partial charge in [0.05, 0.1) is 13.7 Å². The Morgan fingerprint density at radius 2 is 2.00 bits per heavy atom. The smallest absolute Gasteiger partial charge is 0.222 e. The number of methoxy groups -OCH3 is 1. The van der Waals surface area contributed by atoms with Gasteiger partial charge in [-0.05, 0) is 61.7 Å². The number of nitrogens with one attached hydrogen (secondary N) is 2. The van der Waals surface area contributed by atoms with Crippen molar-refractivity contribution in [3.05, 3.63) is 41.3 Å². The zero-order valence-corrected chi connectivity index (χ0v) is 20.8. The van der Waals surface area contributed by atoms with E-state index >= 15 is 0 Å². The molecule has 1 amide bonds. The van der Waals surface area contributed by atoms with E-state index in [0.717, 1.165) is 50.7 Å². The molecule has 2 N–H and O–H groups in total. The summed E-state index contributed by atoms with van der Waals surface area (Å²) in [5, 5.41) is 6.66. The van der Waals surface area contributed by atoms with Crippen LogP contribution in [0.2, 0.25) is 0 Å². The Morgan fingerprint density at radius 1 is 1.20 bits per heavy atom. The minimum absolute atomic E-state index is 0. The molecule has 3 rings (SSSR count). The van der Waals surface area contributed by atoms with Gasteiger partial charge >= 0.3 is 0 Å². The highest BCUT2D eigenvalue weighted by Crippen LogP contribution is 2.29. The number of ether oxygens (including phenoxy) is 1. The molecule has 0 atom stereocenters. The molecular weight excluding hydrogens is 511 g/mol. The summed E-state index contributed by atoms with van der Waals surface area (Å²) >= 11 is 1.76. The molecule has 1 aliphatic heterocycles. The fourth-order valence-corrected chi connectivity index (χ4v) is 4.23. The minimum Gasteiger partial charge on any atom is -0.497 e. The second kappa shape index (κ2) is 12.8. The number of amides is 1. The lowest BCUT2D eigenvalue weighted by Crippen LogP contribution is -2.38. The highest BCUT2D eigenvalue weighted by Gasteiger charge is 2.18. The Balaban J connectivity index is 0.00000320. The molecule has 0 saturated carbocycles. The van der Waals surface area contributed by atoms with Crippen LogP contribution in [0, 0.1) is 0 Å². The Morgan fingerprint density at radius 3 is 2.67 bits per heavy atom. The molecule has 1 aromatic carbocycles. The van der Waals surface area contributed by atoms with Gasteiger partial charge in [0, 0.05) is 42.4 Å². The van der Waals surface area contributed by atoms with Crippen molar-refractivity contribution in [1.82, 2.24) is 15.5 Å². The Kier molecular flexibility index (Phi) is 10.4. The summed E-state index contributed by atoms with van der Waals surface area (Å²) in [5.74, 6) is 1.97. The third-order valence-corrected chi connectivity index (χ3v) is 5.96. The van der Waals surface area contributed by atoms with Gasteiger partial charge in [0.1, 0.15) is 5.75 Å². The van der Waals surface area contributed by atoms with Crippen molar-refractivity contribution < 1.29 is 9.53 Å². The molecule has 6 nitrogen and oxygen atoms in total. The van der Waals surface area contributed by atoms with Crippen molar-refractivity contribution in [3.8, 4) is 16.2 Å². The fraction of sp³-hybridized carbons (Fsp3) is 0.455. The van der Waals surface area contributed by atoms with Gasteiger partial charge in [-0.25, -0.2) is 4.99 Å². The maximum atomic E-state index is 11.7. The number of carbonyl (C=O) groups excluding carboxylic acids is 1. The maximum absolute atomic E-state index is 11.7. The van der Waals surface area contributed by atoms with Crippen LogP contribution in [-0.4, -0.2) is 50.1 Å². The molecule has 0 bridgehead atoms. The number of guanidine groups is 1. The number of halogens is 1. The van der Waals surface area contributed by atoms with Crippen LogP contribution in [0.3, 0.4) is 0 Å². The van der Waals surface area contributed by atoms with Gasteiger partial charge in [0.25, 0.3) is 0 Å². The summed E-state index contributed by atoms with van der Waals surface area (Å²) in [4.78, 5) is 20.8. The summed E-state index contributed by atoms with van der Waals surface area (Å²) < 4.78 is 5.22. The molecule has 8 heteroatoms. The number of benzene rings is 1. The van der Waals surface area contributed by atoms with Crippen molar-refractivity contribution in [2.75, 3.05) is 33.3 Å². The van der Waals surface area contributed by atoms with E-state index in [1.165, 1.54) is 15.3 Å². The molecular formula is C22H31IN4O2S. The van der Waals surface area contributed by atoms with Gasteiger partial charge in [0.2, 0.25) is 5.91 Å². The lowest BCUT2D eigenvalue weighted by Gasteiger charge is -2.16. The first-order chi connectivity index (χ1) is 14.2. The van der Waals surface area contributed by atoms with Crippen LogP contribution in [0.15, 0.2) is 41.4 Å². The van der Waals surface area contributed by atoms with E-state index in [9.17, 15) is 4.79 Å².